The fourth-order valence-electron chi connectivity index (χ4n) is 2.86. The number of hydrogen-bond acceptors (Lipinski definition) is 2. The van der Waals surface area contributed by atoms with Crippen LogP contribution in [0.5, 0.6) is 0 Å². The number of hydrogen-bond donors (Lipinski definition) is 1. The number of nitrogens with one attached hydrogen (secondary N) is 1. The second-order valence-corrected chi connectivity index (χ2v) is 8.15. The average Bonchev–Trinajstić information content (AvgIpc) is 3.13. The third kappa shape index (κ3) is 4.20. The van der Waals surface area contributed by atoms with E-state index in [-0.39, 0.29) is 5.91 Å². The molecule has 1 saturated heterocycles. The van der Waals surface area contributed by atoms with Gasteiger partial charge in [-0.15, -0.1) is 0 Å². The van der Waals surface area contributed by atoms with Crippen LogP contribution in [0.15, 0.2) is 22.7 Å². The minimum absolute atomic E-state index is 0.182. The molecular weight excluding hydrogens is 443 g/mol. The molecule has 0 bridgehead atoms. The summed E-state index contributed by atoms with van der Waals surface area (Å²) >= 11 is 5.73. The van der Waals surface area contributed by atoms with Crippen LogP contribution in [0.25, 0.3) is 0 Å². The van der Waals surface area contributed by atoms with Crippen LogP contribution >= 0.6 is 38.5 Å². The predicted molar refractivity (Wildman–Crippen MR) is 96.5 cm³/mol. The molecule has 1 N–H and O–H groups in total. The lowest BCUT2D eigenvalue weighted by molar-refractivity contribution is 0.0732. The normalized spacial score (nSPS) is 21.5. The Hall–Kier alpha value is -0.140. The molecule has 1 amide bonds. The summed E-state index contributed by atoms with van der Waals surface area (Å²) in [6, 6.07) is 6.41. The fourth-order valence-corrected chi connectivity index (χ4v) is 3.79. The summed E-state index contributed by atoms with van der Waals surface area (Å²) in [5.74, 6) is 0.904. The van der Waals surface area contributed by atoms with Gasteiger partial charge in [-0.05, 0) is 78.9 Å². The lowest BCUT2D eigenvalue weighted by Crippen LogP contribution is -2.42. The van der Waals surface area contributed by atoms with E-state index in [0.717, 1.165) is 39.2 Å². The monoisotopic (exact) mass is 462 g/mol. The summed E-state index contributed by atoms with van der Waals surface area (Å²) in [5, 5.41) is 3.51. The molecule has 0 aromatic heterocycles. The molecule has 1 saturated carbocycles. The Kier molecular flexibility index (Phi) is 5.22. The van der Waals surface area contributed by atoms with E-state index >= 15 is 0 Å². The first-order valence-corrected chi connectivity index (χ1v) is 9.48. The van der Waals surface area contributed by atoms with Gasteiger partial charge in [0.05, 0.1) is 5.56 Å². The highest BCUT2D eigenvalue weighted by atomic mass is 127. The number of nitrogens with zero attached hydrogens (tertiary/aromatic N) is 1. The molecule has 1 aliphatic heterocycles. The van der Waals surface area contributed by atoms with Crippen molar-refractivity contribution in [3.05, 3.63) is 31.8 Å². The van der Waals surface area contributed by atoms with Crippen molar-refractivity contribution in [2.24, 2.45) is 5.92 Å². The summed E-state index contributed by atoms with van der Waals surface area (Å²) in [7, 11) is 0. The molecule has 1 atom stereocenters. The Labute approximate surface area is 148 Å². The number of rotatable bonds is 5. The SMILES string of the molecule is O=C(c1cc(Br)ccc1I)N(CC1CC1)CC1CCCN1. The van der Waals surface area contributed by atoms with Gasteiger partial charge in [0.15, 0.2) is 0 Å². The maximum absolute atomic E-state index is 12.9. The zero-order chi connectivity index (χ0) is 14.8. The number of carbonyl (C=O) groups is 1. The van der Waals surface area contributed by atoms with Gasteiger partial charge in [0.25, 0.3) is 5.91 Å². The number of benzene rings is 1. The average molecular weight is 463 g/mol. The second kappa shape index (κ2) is 6.96. The van der Waals surface area contributed by atoms with E-state index in [4.69, 9.17) is 0 Å². The first kappa shape index (κ1) is 15.7. The van der Waals surface area contributed by atoms with Crippen LogP contribution in [0.2, 0.25) is 0 Å². The Bertz CT molecular complexity index is 527. The fraction of sp³-hybridized carbons (Fsp3) is 0.562. The van der Waals surface area contributed by atoms with E-state index in [1.165, 1.54) is 25.7 Å². The molecule has 1 aromatic carbocycles. The molecule has 114 valence electrons. The van der Waals surface area contributed by atoms with Gasteiger partial charge >= 0.3 is 0 Å². The maximum Gasteiger partial charge on any atom is 0.255 e. The highest BCUT2D eigenvalue weighted by Crippen LogP contribution is 2.31. The van der Waals surface area contributed by atoms with E-state index in [1.807, 2.05) is 18.2 Å². The quantitative estimate of drug-likeness (QED) is 0.677. The van der Waals surface area contributed by atoms with E-state index < -0.39 is 0 Å². The molecule has 1 aromatic rings. The van der Waals surface area contributed by atoms with E-state index in [2.05, 4.69) is 48.7 Å². The van der Waals surface area contributed by atoms with Gasteiger partial charge in [0.2, 0.25) is 0 Å². The topological polar surface area (TPSA) is 32.3 Å². The summed E-state index contributed by atoms with van der Waals surface area (Å²) < 4.78 is 2.00. The summed E-state index contributed by atoms with van der Waals surface area (Å²) in [4.78, 5) is 15.0. The number of carbonyl (C=O) groups excluding carboxylic acids is 1. The van der Waals surface area contributed by atoms with Gasteiger partial charge in [-0.25, -0.2) is 0 Å². The summed E-state index contributed by atoms with van der Waals surface area (Å²) in [5.41, 5.74) is 0.823. The van der Waals surface area contributed by atoms with E-state index in [1.54, 1.807) is 0 Å². The van der Waals surface area contributed by atoms with Crippen LogP contribution in [0.4, 0.5) is 0 Å². The standard InChI is InChI=1S/C16H20BrIN2O/c17-12-5-6-15(18)14(8-12)16(21)20(9-11-3-4-11)10-13-2-1-7-19-13/h5-6,8,11,13,19H,1-4,7,9-10H2. The van der Waals surface area contributed by atoms with Crippen molar-refractivity contribution in [2.45, 2.75) is 31.7 Å². The third-order valence-corrected chi connectivity index (χ3v) is 5.66. The molecule has 5 heteroatoms. The maximum atomic E-state index is 12.9. The van der Waals surface area contributed by atoms with E-state index in [0.29, 0.717) is 6.04 Å². The molecule has 3 nitrogen and oxygen atoms in total. The molecule has 0 spiro atoms. The first-order valence-electron chi connectivity index (χ1n) is 7.61. The molecular formula is C16H20BrIN2O. The second-order valence-electron chi connectivity index (χ2n) is 6.07. The molecule has 2 fully saturated rings. The molecule has 1 heterocycles. The van der Waals surface area contributed by atoms with Crippen molar-refractivity contribution in [3.8, 4) is 0 Å². The van der Waals surface area contributed by atoms with Crippen LogP contribution in [0, 0.1) is 9.49 Å². The van der Waals surface area contributed by atoms with Gasteiger partial charge < -0.3 is 10.2 Å². The van der Waals surface area contributed by atoms with Crippen molar-refractivity contribution in [1.82, 2.24) is 10.2 Å². The van der Waals surface area contributed by atoms with Gasteiger partial charge in [-0.1, -0.05) is 15.9 Å². The summed E-state index contributed by atoms with van der Waals surface area (Å²) in [6.07, 6.45) is 4.96. The number of halogens is 2. The van der Waals surface area contributed by atoms with Crippen molar-refractivity contribution >= 4 is 44.4 Å². The Balaban J connectivity index is 1.76. The lowest BCUT2D eigenvalue weighted by Gasteiger charge is -2.26. The van der Waals surface area contributed by atoms with Crippen molar-refractivity contribution in [3.63, 3.8) is 0 Å². The zero-order valence-corrected chi connectivity index (χ0v) is 15.7. The third-order valence-electron chi connectivity index (χ3n) is 4.22. The Morgan fingerprint density at radius 3 is 2.81 bits per heavy atom. The first-order chi connectivity index (χ1) is 10.1. The van der Waals surface area contributed by atoms with Gasteiger partial charge in [-0.3, -0.25) is 4.79 Å². The Morgan fingerprint density at radius 1 is 1.33 bits per heavy atom. The molecule has 2 aliphatic rings. The van der Waals surface area contributed by atoms with Crippen LogP contribution in [-0.2, 0) is 0 Å². The van der Waals surface area contributed by atoms with E-state index in [9.17, 15) is 4.79 Å². The molecule has 1 aliphatic carbocycles. The van der Waals surface area contributed by atoms with Crippen LogP contribution in [-0.4, -0.2) is 36.5 Å². The molecule has 0 radical (unpaired) electrons. The number of amides is 1. The minimum atomic E-state index is 0.182. The van der Waals surface area contributed by atoms with Gasteiger partial charge in [0.1, 0.15) is 0 Å². The molecule has 21 heavy (non-hydrogen) atoms. The lowest BCUT2D eigenvalue weighted by atomic mass is 10.1. The van der Waals surface area contributed by atoms with Crippen LogP contribution in [0.1, 0.15) is 36.0 Å². The Morgan fingerprint density at radius 2 is 2.14 bits per heavy atom. The van der Waals surface area contributed by atoms with Crippen LogP contribution in [0.3, 0.4) is 0 Å². The zero-order valence-electron chi connectivity index (χ0n) is 11.9. The molecule has 3 rings (SSSR count). The van der Waals surface area contributed by atoms with Crippen molar-refractivity contribution in [2.75, 3.05) is 19.6 Å². The highest BCUT2D eigenvalue weighted by Gasteiger charge is 2.30. The summed E-state index contributed by atoms with van der Waals surface area (Å²) in [6.45, 7) is 2.85. The van der Waals surface area contributed by atoms with Gasteiger partial charge in [-0.2, -0.15) is 0 Å². The van der Waals surface area contributed by atoms with Crippen molar-refractivity contribution < 1.29 is 4.79 Å². The van der Waals surface area contributed by atoms with Crippen molar-refractivity contribution in [1.29, 1.82) is 0 Å². The largest absolute Gasteiger partial charge is 0.337 e. The predicted octanol–water partition coefficient (Wildman–Crippen LogP) is 3.66. The molecule has 1 unspecified atom stereocenters. The highest BCUT2D eigenvalue weighted by molar-refractivity contribution is 14.1. The minimum Gasteiger partial charge on any atom is -0.337 e. The van der Waals surface area contributed by atoms with Gasteiger partial charge in [0, 0.05) is 27.2 Å². The smallest absolute Gasteiger partial charge is 0.255 e. The van der Waals surface area contributed by atoms with Crippen LogP contribution < -0.4 is 5.32 Å².